The molecule has 19 heavy (non-hydrogen) atoms. The third kappa shape index (κ3) is 5.32. The highest BCUT2D eigenvalue weighted by atomic mass is 19.4. The Morgan fingerprint density at radius 1 is 1.37 bits per heavy atom. The van der Waals surface area contributed by atoms with Crippen molar-refractivity contribution in [3.63, 3.8) is 0 Å². The first-order valence-electron chi connectivity index (χ1n) is 6.09. The third-order valence-electron chi connectivity index (χ3n) is 3.10. The van der Waals surface area contributed by atoms with Gasteiger partial charge >= 0.3 is 6.18 Å². The van der Waals surface area contributed by atoms with Gasteiger partial charge in [-0.05, 0) is 18.5 Å². The molecule has 0 spiro atoms. The van der Waals surface area contributed by atoms with Crippen molar-refractivity contribution in [2.75, 3.05) is 6.54 Å². The van der Waals surface area contributed by atoms with Gasteiger partial charge in [-0.1, -0.05) is 25.8 Å². The number of Topliss-reactive ketones (excluding diaryl/α,β-unsaturated/α-hetero) is 1. The van der Waals surface area contributed by atoms with Crippen LogP contribution in [0, 0.1) is 5.92 Å². The predicted octanol–water partition coefficient (Wildman–Crippen LogP) is 1.53. The summed E-state index contributed by atoms with van der Waals surface area (Å²) >= 11 is 0. The van der Waals surface area contributed by atoms with Crippen LogP contribution in [0.5, 0.6) is 0 Å². The summed E-state index contributed by atoms with van der Waals surface area (Å²) in [5, 5.41) is 4.21. The molecule has 108 valence electrons. The Balaban J connectivity index is 2.49. The van der Waals surface area contributed by atoms with Crippen LogP contribution in [0.4, 0.5) is 13.2 Å². The van der Waals surface area contributed by atoms with Crippen molar-refractivity contribution in [3.8, 4) is 0 Å². The van der Waals surface area contributed by atoms with Crippen molar-refractivity contribution in [2.24, 2.45) is 5.92 Å². The summed E-state index contributed by atoms with van der Waals surface area (Å²) in [6.45, 7) is 1.91. The predicted molar refractivity (Wildman–Crippen MR) is 63.2 cm³/mol. The zero-order chi connectivity index (χ0) is 14.5. The Morgan fingerprint density at radius 3 is 2.42 bits per heavy atom. The van der Waals surface area contributed by atoms with Crippen LogP contribution in [0.3, 0.4) is 0 Å². The Morgan fingerprint density at radius 2 is 2.00 bits per heavy atom. The molecule has 1 unspecified atom stereocenters. The molecular formula is C12H17F3N2O2. The van der Waals surface area contributed by atoms with E-state index in [1.54, 1.807) is 5.32 Å². The summed E-state index contributed by atoms with van der Waals surface area (Å²) in [7, 11) is 0. The highest BCUT2D eigenvalue weighted by Crippen LogP contribution is 2.30. The van der Waals surface area contributed by atoms with Crippen molar-refractivity contribution in [1.82, 2.24) is 10.6 Å². The maximum Gasteiger partial charge on any atom is 0.405 e. The highest BCUT2D eigenvalue weighted by Gasteiger charge is 2.33. The molecule has 1 saturated carbocycles. The van der Waals surface area contributed by atoms with Crippen molar-refractivity contribution >= 4 is 11.7 Å². The summed E-state index contributed by atoms with van der Waals surface area (Å²) in [5.74, 6) is -1.75. The fourth-order valence-corrected chi connectivity index (χ4v) is 1.88. The molecule has 0 aliphatic heterocycles. The number of alkyl halides is 3. The van der Waals surface area contributed by atoms with E-state index in [1.165, 1.54) is 6.20 Å². The number of carbonyl (C=O) groups excluding carboxylic acids is 2. The quantitative estimate of drug-likeness (QED) is 0.694. The number of carbonyl (C=O) groups is 2. The van der Waals surface area contributed by atoms with Crippen LogP contribution in [-0.2, 0) is 9.59 Å². The van der Waals surface area contributed by atoms with E-state index in [4.69, 9.17) is 0 Å². The standard InChI is InChI=1S/C12H17F3N2O2/c1-2-16-9(6-8-4-3-5-8)10(18)11(19)17-7-12(13,14)15/h2,8-9,16H,1,3-7H2,(H,17,19). The molecule has 0 aromatic rings. The fraction of sp³-hybridized carbons (Fsp3) is 0.667. The van der Waals surface area contributed by atoms with E-state index in [0.717, 1.165) is 19.3 Å². The van der Waals surface area contributed by atoms with Crippen LogP contribution in [0.15, 0.2) is 12.8 Å². The summed E-state index contributed by atoms with van der Waals surface area (Å²) in [4.78, 5) is 23.1. The second-order valence-corrected chi connectivity index (χ2v) is 4.62. The Kier molecular flexibility index (Phi) is 5.38. The van der Waals surface area contributed by atoms with E-state index in [1.807, 2.05) is 0 Å². The molecule has 1 aliphatic carbocycles. The topological polar surface area (TPSA) is 58.2 Å². The average Bonchev–Trinajstić information content (AvgIpc) is 2.27. The molecule has 0 aromatic carbocycles. The van der Waals surface area contributed by atoms with Gasteiger partial charge in [0.05, 0.1) is 6.04 Å². The van der Waals surface area contributed by atoms with E-state index >= 15 is 0 Å². The van der Waals surface area contributed by atoms with Crippen molar-refractivity contribution in [3.05, 3.63) is 12.8 Å². The van der Waals surface area contributed by atoms with Gasteiger partial charge in [0.1, 0.15) is 6.54 Å². The van der Waals surface area contributed by atoms with Crippen molar-refractivity contribution in [1.29, 1.82) is 0 Å². The first-order chi connectivity index (χ1) is 8.83. The van der Waals surface area contributed by atoms with Crippen LogP contribution < -0.4 is 10.6 Å². The van der Waals surface area contributed by atoms with E-state index in [0.29, 0.717) is 12.3 Å². The van der Waals surface area contributed by atoms with Crippen LogP contribution in [-0.4, -0.2) is 30.5 Å². The number of hydrogen-bond acceptors (Lipinski definition) is 3. The van der Waals surface area contributed by atoms with E-state index in [2.05, 4.69) is 11.9 Å². The normalized spacial score (nSPS) is 17.2. The lowest BCUT2D eigenvalue weighted by atomic mass is 9.80. The zero-order valence-corrected chi connectivity index (χ0v) is 10.4. The molecule has 1 amide bonds. The van der Waals surface area contributed by atoms with Crippen LogP contribution in [0.1, 0.15) is 25.7 Å². The lowest BCUT2D eigenvalue weighted by Gasteiger charge is -2.28. The monoisotopic (exact) mass is 278 g/mol. The number of halogens is 3. The molecule has 1 atom stereocenters. The first kappa shape index (κ1) is 15.5. The van der Waals surface area contributed by atoms with E-state index < -0.39 is 30.5 Å². The van der Waals surface area contributed by atoms with Gasteiger partial charge in [0.15, 0.2) is 0 Å². The Bertz CT molecular complexity index is 351. The zero-order valence-electron chi connectivity index (χ0n) is 10.4. The molecule has 0 saturated heterocycles. The molecule has 4 nitrogen and oxygen atoms in total. The number of hydrogen-bond donors (Lipinski definition) is 2. The molecular weight excluding hydrogens is 261 g/mol. The van der Waals surface area contributed by atoms with Crippen molar-refractivity contribution in [2.45, 2.75) is 37.9 Å². The Hall–Kier alpha value is -1.53. The minimum atomic E-state index is -4.52. The number of rotatable bonds is 7. The molecule has 0 bridgehead atoms. The molecule has 7 heteroatoms. The van der Waals surface area contributed by atoms with Crippen LogP contribution in [0.25, 0.3) is 0 Å². The van der Waals surface area contributed by atoms with Gasteiger partial charge in [-0.3, -0.25) is 9.59 Å². The van der Waals surface area contributed by atoms with Gasteiger partial charge < -0.3 is 10.6 Å². The lowest BCUT2D eigenvalue weighted by molar-refractivity contribution is -0.146. The molecule has 0 heterocycles. The molecule has 0 aromatic heterocycles. The van der Waals surface area contributed by atoms with Crippen molar-refractivity contribution < 1.29 is 22.8 Å². The molecule has 1 rings (SSSR count). The van der Waals surface area contributed by atoms with Crippen LogP contribution in [0.2, 0.25) is 0 Å². The fourth-order valence-electron chi connectivity index (χ4n) is 1.88. The third-order valence-corrected chi connectivity index (χ3v) is 3.10. The second kappa shape index (κ2) is 6.58. The SMILES string of the molecule is C=CNC(CC1CCC1)C(=O)C(=O)NCC(F)(F)F. The van der Waals surface area contributed by atoms with Gasteiger partial charge in [-0.15, -0.1) is 0 Å². The van der Waals surface area contributed by atoms with Gasteiger partial charge in [0.2, 0.25) is 5.78 Å². The maximum atomic E-state index is 11.9. The number of nitrogens with one attached hydrogen (secondary N) is 2. The minimum absolute atomic E-state index is 0.344. The minimum Gasteiger partial charge on any atom is -0.381 e. The van der Waals surface area contributed by atoms with E-state index in [-0.39, 0.29) is 0 Å². The first-order valence-corrected chi connectivity index (χ1v) is 6.09. The van der Waals surface area contributed by atoms with Gasteiger partial charge in [-0.25, -0.2) is 0 Å². The number of amides is 1. The van der Waals surface area contributed by atoms with E-state index in [9.17, 15) is 22.8 Å². The maximum absolute atomic E-state index is 11.9. The second-order valence-electron chi connectivity index (χ2n) is 4.62. The van der Waals surface area contributed by atoms with Crippen LogP contribution >= 0.6 is 0 Å². The lowest BCUT2D eigenvalue weighted by Crippen LogP contribution is -2.47. The molecule has 0 radical (unpaired) electrons. The Labute approximate surface area is 109 Å². The summed E-state index contributed by atoms with van der Waals surface area (Å²) in [6.07, 6.45) is 0.243. The molecule has 1 fully saturated rings. The largest absolute Gasteiger partial charge is 0.405 e. The summed E-state index contributed by atoms with van der Waals surface area (Å²) < 4.78 is 35.8. The molecule has 1 aliphatic rings. The number of ketones is 1. The average molecular weight is 278 g/mol. The smallest absolute Gasteiger partial charge is 0.381 e. The summed E-state index contributed by atoms with van der Waals surface area (Å²) in [6, 6.07) is -0.795. The van der Waals surface area contributed by atoms with Gasteiger partial charge in [0, 0.05) is 0 Å². The summed E-state index contributed by atoms with van der Waals surface area (Å²) in [5.41, 5.74) is 0. The highest BCUT2D eigenvalue weighted by molar-refractivity contribution is 6.38. The molecule has 2 N–H and O–H groups in total. The van der Waals surface area contributed by atoms with Gasteiger partial charge in [-0.2, -0.15) is 13.2 Å². The van der Waals surface area contributed by atoms with Gasteiger partial charge in [0.25, 0.3) is 5.91 Å².